The van der Waals surface area contributed by atoms with Gasteiger partial charge in [-0.2, -0.15) is 0 Å². The third-order valence-corrected chi connectivity index (χ3v) is 4.15. The van der Waals surface area contributed by atoms with Gasteiger partial charge in [-0.15, -0.1) is 11.3 Å². The van der Waals surface area contributed by atoms with Gasteiger partial charge in [0.15, 0.2) is 5.16 Å². The lowest BCUT2D eigenvalue weighted by molar-refractivity contribution is 1.07. The molecule has 0 bridgehead atoms. The zero-order valence-corrected chi connectivity index (χ0v) is 10.7. The third kappa shape index (κ3) is 2.50. The largest absolute Gasteiger partial charge is 0.333 e. The van der Waals surface area contributed by atoms with E-state index in [-0.39, 0.29) is 0 Å². The van der Waals surface area contributed by atoms with Crippen molar-refractivity contribution in [3.63, 3.8) is 0 Å². The molecule has 17 heavy (non-hydrogen) atoms. The van der Waals surface area contributed by atoms with E-state index < -0.39 is 0 Å². The Kier molecular flexibility index (Phi) is 3.11. The maximum Gasteiger partial charge on any atom is 0.166 e. The van der Waals surface area contributed by atoms with Gasteiger partial charge in [0.25, 0.3) is 0 Å². The Morgan fingerprint density at radius 2 is 2.24 bits per heavy atom. The Hall–Kier alpha value is -1.33. The number of aromatic amines is 1. The van der Waals surface area contributed by atoms with Gasteiger partial charge < -0.3 is 4.98 Å². The highest BCUT2D eigenvalue weighted by Gasteiger charge is 2.02. The Labute approximate surface area is 107 Å². The number of H-pyrrole nitrogens is 1. The van der Waals surface area contributed by atoms with E-state index >= 15 is 0 Å². The van der Waals surface area contributed by atoms with E-state index in [2.05, 4.69) is 21.0 Å². The highest BCUT2D eigenvalue weighted by Crippen LogP contribution is 2.20. The first-order valence-electron chi connectivity index (χ1n) is 5.37. The second-order valence-corrected chi connectivity index (χ2v) is 5.68. The number of hydrogen-bond acceptors (Lipinski definition) is 4. The molecular weight excluding hydrogens is 250 g/mol. The predicted octanol–water partition coefficient (Wildman–Crippen LogP) is 3.35. The normalized spacial score (nSPS) is 11.1. The molecule has 2 heterocycles. The summed E-state index contributed by atoms with van der Waals surface area (Å²) in [7, 11) is 0. The van der Waals surface area contributed by atoms with Gasteiger partial charge >= 0.3 is 0 Å². The molecular formula is C12H11N3S2. The fourth-order valence-electron chi connectivity index (χ4n) is 1.61. The third-order valence-electron chi connectivity index (χ3n) is 2.44. The molecule has 3 rings (SSSR count). The van der Waals surface area contributed by atoms with Crippen molar-refractivity contribution in [1.82, 2.24) is 15.0 Å². The van der Waals surface area contributed by atoms with Crippen LogP contribution in [0.1, 0.15) is 4.88 Å². The van der Waals surface area contributed by atoms with Gasteiger partial charge in [-0.3, -0.25) is 4.98 Å². The van der Waals surface area contributed by atoms with Crippen LogP contribution in [0, 0.1) is 0 Å². The standard InChI is InChI=1S/C12H11N3S2/c1-2-4-11-10(3-1)14-12(15-11)16-6-5-9-7-13-8-17-9/h1-4,7-8H,5-6H2,(H,14,15). The Balaban J connectivity index is 1.65. The highest BCUT2D eigenvalue weighted by atomic mass is 32.2. The average Bonchev–Trinajstić information content (AvgIpc) is 2.96. The minimum atomic E-state index is 0.996. The number of nitrogens with zero attached hydrogens (tertiary/aromatic N) is 2. The lowest BCUT2D eigenvalue weighted by Gasteiger charge is -1.94. The van der Waals surface area contributed by atoms with Crippen molar-refractivity contribution in [3.8, 4) is 0 Å². The lowest BCUT2D eigenvalue weighted by Crippen LogP contribution is -1.85. The van der Waals surface area contributed by atoms with E-state index in [9.17, 15) is 0 Å². The van der Waals surface area contributed by atoms with E-state index in [0.29, 0.717) is 0 Å². The fourth-order valence-corrected chi connectivity index (χ4v) is 3.20. The summed E-state index contributed by atoms with van der Waals surface area (Å²) in [6.07, 6.45) is 2.98. The first-order valence-corrected chi connectivity index (χ1v) is 7.23. The van der Waals surface area contributed by atoms with E-state index in [1.807, 2.05) is 29.9 Å². The SMILES string of the molecule is c1ccc2[nH]c(SCCc3cncs3)nc2c1. The molecule has 0 aliphatic carbocycles. The van der Waals surface area contributed by atoms with E-state index in [0.717, 1.165) is 28.4 Å². The molecule has 86 valence electrons. The van der Waals surface area contributed by atoms with Crippen LogP contribution in [0.4, 0.5) is 0 Å². The van der Waals surface area contributed by atoms with Crippen LogP contribution in [0.25, 0.3) is 11.0 Å². The molecule has 0 radical (unpaired) electrons. The molecule has 0 saturated carbocycles. The first-order chi connectivity index (χ1) is 8.42. The number of thioether (sulfide) groups is 1. The molecule has 0 aliphatic rings. The number of imidazole rings is 1. The summed E-state index contributed by atoms with van der Waals surface area (Å²) >= 11 is 3.46. The number of rotatable bonds is 4. The van der Waals surface area contributed by atoms with Crippen LogP contribution in [-0.2, 0) is 6.42 Å². The molecule has 0 atom stereocenters. The fraction of sp³-hybridized carbons (Fsp3) is 0.167. The van der Waals surface area contributed by atoms with Crippen LogP contribution < -0.4 is 0 Å². The number of aromatic nitrogens is 3. The molecule has 0 spiro atoms. The predicted molar refractivity (Wildman–Crippen MR) is 72.6 cm³/mol. The Bertz CT molecular complexity index is 568. The summed E-state index contributed by atoms with van der Waals surface area (Å²) < 4.78 is 0. The number of fused-ring (bicyclic) bond motifs is 1. The van der Waals surface area contributed by atoms with Crippen molar-refractivity contribution in [2.45, 2.75) is 11.6 Å². The van der Waals surface area contributed by atoms with E-state index in [4.69, 9.17) is 0 Å². The van der Waals surface area contributed by atoms with E-state index in [1.165, 1.54) is 4.88 Å². The van der Waals surface area contributed by atoms with Crippen LogP contribution in [0.2, 0.25) is 0 Å². The Morgan fingerprint density at radius 1 is 1.29 bits per heavy atom. The van der Waals surface area contributed by atoms with Crippen LogP contribution in [-0.4, -0.2) is 20.7 Å². The molecule has 3 nitrogen and oxygen atoms in total. The van der Waals surface area contributed by atoms with Crippen molar-refractivity contribution in [3.05, 3.63) is 40.8 Å². The smallest absolute Gasteiger partial charge is 0.166 e. The van der Waals surface area contributed by atoms with Crippen LogP contribution in [0.3, 0.4) is 0 Å². The number of aryl methyl sites for hydroxylation is 1. The molecule has 5 heteroatoms. The number of hydrogen-bond donors (Lipinski definition) is 1. The van der Waals surface area contributed by atoms with Gasteiger partial charge in [0.05, 0.1) is 16.5 Å². The molecule has 3 aromatic rings. The van der Waals surface area contributed by atoms with Crippen molar-refractivity contribution < 1.29 is 0 Å². The van der Waals surface area contributed by atoms with Crippen LogP contribution >= 0.6 is 23.1 Å². The highest BCUT2D eigenvalue weighted by molar-refractivity contribution is 7.99. The summed E-state index contributed by atoms with van der Waals surface area (Å²) in [5, 5.41) is 0.996. The number of benzene rings is 1. The maximum absolute atomic E-state index is 4.53. The summed E-state index contributed by atoms with van der Waals surface area (Å²) in [5.74, 6) is 1.03. The molecule has 0 fully saturated rings. The summed E-state index contributed by atoms with van der Waals surface area (Å²) in [6.45, 7) is 0. The van der Waals surface area contributed by atoms with Gasteiger partial charge in [-0.1, -0.05) is 23.9 Å². The zero-order chi connectivity index (χ0) is 11.5. The molecule has 1 aromatic carbocycles. The zero-order valence-electron chi connectivity index (χ0n) is 9.09. The monoisotopic (exact) mass is 261 g/mol. The van der Waals surface area contributed by atoms with Crippen LogP contribution in [0.5, 0.6) is 0 Å². The molecule has 0 unspecified atom stereocenters. The number of thiazole rings is 1. The van der Waals surface area contributed by atoms with Crippen molar-refractivity contribution >= 4 is 34.1 Å². The minimum Gasteiger partial charge on any atom is -0.333 e. The lowest BCUT2D eigenvalue weighted by atomic mass is 10.3. The number of nitrogens with one attached hydrogen (secondary N) is 1. The van der Waals surface area contributed by atoms with Gasteiger partial charge in [0.2, 0.25) is 0 Å². The van der Waals surface area contributed by atoms with Crippen molar-refractivity contribution in [1.29, 1.82) is 0 Å². The quantitative estimate of drug-likeness (QED) is 0.732. The van der Waals surface area contributed by atoms with Crippen molar-refractivity contribution in [2.24, 2.45) is 0 Å². The minimum absolute atomic E-state index is 0.996. The van der Waals surface area contributed by atoms with Crippen LogP contribution in [0.15, 0.2) is 41.1 Å². The summed E-state index contributed by atoms with van der Waals surface area (Å²) in [4.78, 5) is 13.2. The number of para-hydroxylation sites is 2. The van der Waals surface area contributed by atoms with Crippen molar-refractivity contribution in [2.75, 3.05) is 5.75 Å². The average molecular weight is 261 g/mol. The maximum atomic E-state index is 4.53. The van der Waals surface area contributed by atoms with Gasteiger partial charge in [-0.25, -0.2) is 4.98 Å². The first kappa shape index (κ1) is 10.8. The molecule has 0 amide bonds. The van der Waals surface area contributed by atoms with Gasteiger partial charge in [0.1, 0.15) is 0 Å². The molecule has 0 aliphatic heterocycles. The molecule has 0 saturated heterocycles. The topological polar surface area (TPSA) is 41.6 Å². The summed E-state index contributed by atoms with van der Waals surface area (Å²) in [5.41, 5.74) is 4.02. The second-order valence-electron chi connectivity index (χ2n) is 3.63. The second kappa shape index (κ2) is 4.89. The van der Waals surface area contributed by atoms with Gasteiger partial charge in [-0.05, 0) is 18.6 Å². The Morgan fingerprint density at radius 3 is 3.06 bits per heavy atom. The van der Waals surface area contributed by atoms with E-state index in [1.54, 1.807) is 23.1 Å². The summed E-state index contributed by atoms with van der Waals surface area (Å²) in [6, 6.07) is 8.11. The molecule has 1 N–H and O–H groups in total. The van der Waals surface area contributed by atoms with Gasteiger partial charge in [0, 0.05) is 16.8 Å². The molecule has 2 aromatic heterocycles.